The van der Waals surface area contributed by atoms with E-state index in [0.29, 0.717) is 38.0 Å². The number of rotatable bonds is 6. The van der Waals surface area contributed by atoms with Crippen LogP contribution >= 0.6 is 11.8 Å². The van der Waals surface area contributed by atoms with Crippen molar-refractivity contribution in [1.29, 1.82) is 0 Å². The lowest BCUT2D eigenvalue weighted by molar-refractivity contribution is -0.143. The minimum atomic E-state index is -0.811. The van der Waals surface area contributed by atoms with E-state index in [0.717, 1.165) is 6.42 Å². The maximum absolute atomic E-state index is 12.0. The molecule has 1 fully saturated rings. The molecule has 1 aliphatic heterocycles. The second-order valence-electron chi connectivity index (χ2n) is 5.10. The second kappa shape index (κ2) is 8.36. The molecule has 1 rings (SSSR count). The van der Waals surface area contributed by atoms with E-state index in [2.05, 4.69) is 18.5 Å². The number of nitrogens with zero attached hydrogens (tertiary/aromatic N) is 2. The number of hydrogen-bond acceptors (Lipinski definition) is 4. The lowest BCUT2D eigenvalue weighted by Crippen LogP contribution is -2.55. The lowest BCUT2D eigenvalue weighted by Gasteiger charge is -2.36. The van der Waals surface area contributed by atoms with E-state index in [4.69, 9.17) is 5.11 Å². The summed E-state index contributed by atoms with van der Waals surface area (Å²) in [4.78, 5) is 26.5. The van der Waals surface area contributed by atoms with Gasteiger partial charge in [-0.2, -0.15) is 11.8 Å². The number of carboxylic acids is 1. The molecule has 0 aromatic rings. The Morgan fingerprint density at radius 1 is 1.25 bits per heavy atom. The molecule has 2 atom stereocenters. The molecule has 1 saturated heterocycles. The van der Waals surface area contributed by atoms with Crippen LogP contribution in [-0.2, 0) is 4.79 Å². The van der Waals surface area contributed by atoms with Crippen LogP contribution < -0.4 is 5.32 Å². The van der Waals surface area contributed by atoms with Gasteiger partial charge < -0.3 is 15.3 Å². The number of urea groups is 1. The van der Waals surface area contributed by atoms with Gasteiger partial charge in [0.05, 0.1) is 0 Å². The number of thioether (sulfide) groups is 1. The van der Waals surface area contributed by atoms with Crippen molar-refractivity contribution in [3.8, 4) is 0 Å². The van der Waals surface area contributed by atoms with E-state index in [-0.39, 0.29) is 6.03 Å². The van der Waals surface area contributed by atoms with Gasteiger partial charge in [0.1, 0.15) is 6.04 Å². The maximum atomic E-state index is 12.0. The molecule has 0 saturated carbocycles. The predicted molar refractivity (Wildman–Crippen MR) is 81.2 cm³/mol. The quantitative estimate of drug-likeness (QED) is 0.763. The van der Waals surface area contributed by atoms with E-state index in [9.17, 15) is 9.59 Å². The third-order valence-corrected chi connectivity index (χ3v) is 4.78. The molecule has 0 aliphatic carbocycles. The van der Waals surface area contributed by atoms with Gasteiger partial charge in [-0.05, 0) is 19.6 Å². The Kier molecular flexibility index (Phi) is 7.15. The van der Waals surface area contributed by atoms with E-state index in [1.54, 1.807) is 23.6 Å². The number of carbonyl (C=O) groups excluding carboxylic acids is 1. The topological polar surface area (TPSA) is 72.9 Å². The molecule has 0 radical (unpaired) electrons. The molecule has 0 aromatic carbocycles. The number of piperazine rings is 1. The summed E-state index contributed by atoms with van der Waals surface area (Å²) in [6.07, 6.45) is 3.03. The van der Waals surface area contributed by atoms with Crippen molar-refractivity contribution < 1.29 is 14.7 Å². The van der Waals surface area contributed by atoms with E-state index in [1.165, 1.54) is 0 Å². The summed E-state index contributed by atoms with van der Waals surface area (Å²) in [5, 5.41) is 12.4. The van der Waals surface area contributed by atoms with Crippen molar-refractivity contribution in [1.82, 2.24) is 15.1 Å². The summed E-state index contributed by atoms with van der Waals surface area (Å²) < 4.78 is 0. The molecule has 20 heavy (non-hydrogen) atoms. The first-order valence-electron chi connectivity index (χ1n) is 6.98. The van der Waals surface area contributed by atoms with Gasteiger partial charge >= 0.3 is 12.0 Å². The van der Waals surface area contributed by atoms with Crippen LogP contribution in [0.2, 0.25) is 0 Å². The fourth-order valence-corrected chi connectivity index (χ4v) is 2.43. The first-order valence-corrected chi connectivity index (χ1v) is 8.27. The van der Waals surface area contributed by atoms with E-state index < -0.39 is 12.0 Å². The van der Waals surface area contributed by atoms with Gasteiger partial charge in [-0.25, -0.2) is 4.79 Å². The van der Waals surface area contributed by atoms with Crippen LogP contribution in [0.4, 0.5) is 4.79 Å². The van der Waals surface area contributed by atoms with Crippen LogP contribution in [0.25, 0.3) is 0 Å². The molecule has 6 nitrogen and oxygen atoms in total. The smallest absolute Gasteiger partial charge is 0.320 e. The molecule has 7 heteroatoms. The SMILES string of the molecule is CSC(C)CCNC(=O)N1CCN(C(C)C(=O)O)CC1. The first-order chi connectivity index (χ1) is 9.45. The molecule has 1 aliphatic rings. The minimum Gasteiger partial charge on any atom is -0.480 e. The zero-order valence-corrected chi connectivity index (χ0v) is 13.3. The zero-order valence-electron chi connectivity index (χ0n) is 12.5. The summed E-state index contributed by atoms with van der Waals surface area (Å²) in [6, 6.07) is -0.524. The summed E-state index contributed by atoms with van der Waals surface area (Å²) in [5.41, 5.74) is 0. The molecule has 0 spiro atoms. The Morgan fingerprint density at radius 2 is 1.85 bits per heavy atom. The van der Waals surface area contributed by atoms with Gasteiger partial charge in [-0.3, -0.25) is 9.69 Å². The molecule has 2 amide bonds. The lowest BCUT2D eigenvalue weighted by atomic mass is 10.2. The number of carbonyl (C=O) groups is 2. The number of nitrogens with one attached hydrogen (secondary N) is 1. The van der Waals surface area contributed by atoms with Crippen molar-refractivity contribution in [2.24, 2.45) is 0 Å². The summed E-state index contributed by atoms with van der Waals surface area (Å²) in [6.45, 7) is 6.91. The Labute approximate surface area is 124 Å². The zero-order chi connectivity index (χ0) is 15.1. The van der Waals surface area contributed by atoms with Gasteiger partial charge in [-0.15, -0.1) is 0 Å². The molecule has 2 unspecified atom stereocenters. The van der Waals surface area contributed by atoms with Gasteiger partial charge in [0, 0.05) is 38.0 Å². The fraction of sp³-hybridized carbons (Fsp3) is 0.846. The third kappa shape index (κ3) is 5.20. The highest BCUT2D eigenvalue weighted by Gasteiger charge is 2.26. The average molecular weight is 303 g/mol. The molecule has 116 valence electrons. The van der Waals surface area contributed by atoms with Crippen molar-refractivity contribution in [3.05, 3.63) is 0 Å². The van der Waals surface area contributed by atoms with Gasteiger partial charge in [0.25, 0.3) is 0 Å². The second-order valence-corrected chi connectivity index (χ2v) is 6.38. The Balaban J connectivity index is 2.27. The summed E-state index contributed by atoms with van der Waals surface area (Å²) in [5.74, 6) is -0.811. The van der Waals surface area contributed by atoms with Gasteiger partial charge in [0.15, 0.2) is 0 Å². The molecular weight excluding hydrogens is 278 g/mol. The van der Waals surface area contributed by atoms with Gasteiger partial charge in [0.2, 0.25) is 0 Å². The molecule has 2 N–H and O–H groups in total. The highest BCUT2D eigenvalue weighted by molar-refractivity contribution is 7.99. The Morgan fingerprint density at radius 3 is 2.35 bits per heavy atom. The monoisotopic (exact) mass is 303 g/mol. The predicted octanol–water partition coefficient (Wildman–Crippen LogP) is 0.928. The van der Waals surface area contributed by atoms with Gasteiger partial charge in [-0.1, -0.05) is 6.92 Å². The Hall–Kier alpha value is -0.950. The minimum absolute atomic E-state index is 0.0408. The number of amides is 2. The standard InChI is InChI=1S/C13H25N3O3S/c1-10(20-3)4-5-14-13(19)16-8-6-15(7-9-16)11(2)12(17)18/h10-11H,4-9H2,1-3H3,(H,14,19)(H,17,18). The van der Waals surface area contributed by atoms with Crippen LogP contribution in [0.15, 0.2) is 0 Å². The first kappa shape index (κ1) is 17.1. The molecule has 0 aromatic heterocycles. The van der Waals surface area contributed by atoms with Crippen molar-refractivity contribution in [2.45, 2.75) is 31.6 Å². The average Bonchev–Trinajstić information content (AvgIpc) is 2.46. The molecular formula is C13H25N3O3S. The normalized spacial score (nSPS) is 19.4. The Bertz CT molecular complexity index is 333. The largest absolute Gasteiger partial charge is 0.480 e. The fourth-order valence-electron chi connectivity index (χ4n) is 2.08. The molecule has 0 bridgehead atoms. The van der Waals surface area contributed by atoms with Crippen LogP contribution in [0, 0.1) is 0 Å². The van der Waals surface area contributed by atoms with Crippen LogP contribution in [0.3, 0.4) is 0 Å². The highest BCUT2D eigenvalue weighted by atomic mass is 32.2. The van der Waals surface area contributed by atoms with Crippen LogP contribution in [-0.4, -0.2) is 77.2 Å². The van der Waals surface area contributed by atoms with Crippen molar-refractivity contribution >= 4 is 23.8 Å². The van der Waals surface area contributed by atoms with Crippen LogP contribution in [0.5, 0.6) is 0 Å². The number of aliphatic carboxylic acids is 1. The maximum Gasteiger partial charge on any atom is 0.320 e. The number of carboxylic acid groups (broad SMARTS) is 1. The highest BCUT2D eigenvalue weighted by Crippen LogP contribution is 2.09. The van der Waals surface area contributed by atoms with E-state index >= 15 is 0 Å². The van der Waals surface area contributed by atoms with Crippen LogP contribution in [0.1, 0.15) is 20.3 Å². The van der Waals surface area contributed by atoms with E-state index in [1.807, 2.05) is 4.90 Å². The van der Waals surface area contributed by atoms with Crippen molar-refractivity contribution in [3.63, 3.8) is 0 Å². The third-order valence-electron chi connectivity index (χ3n) is 3.74. The molecule has 1 heterocycles. The summed E-state index contributed by atoms with van der Waals surface area (Å²) >= 11 is 1.79. The number of hydrogen-bond donors (Lipinski definition) is 2. The summed E-state index contributed by atoms with van der Waals surface area (Å²) in [7, 11) is 0. The van der Waals surface area contributed by atoms with Crippen molar-refractivity contribution in [2.75, 3.05) is 39.0 Å².